The van der Waals surface area contributed by atoms with Crippen LogP contribution in [0.1, 0.15) is 25.0 Å². The molecule has 2 N–H and O–H groups in total. The van der Waals surface area contributed by atoms with Gasteiger partial charge < -0.3 is 10.5 Å². The number of hydrogen-bond acceptors (Lipinski definition) is 2. The van der Waals surface area contributed by atoms with Crippen LogP contribution in [0.5, 0.6) is 5.75 Å². The van der Waals surface area contributed by atoms with E-state index in [2.05, 4.69) is 38.1 Å². The fraction of sp³-hybridized carbons (Fsp3) is 0.294. The number of ether oxygens (including phenoxy) is 1. The van der Waals surface area contributed by atoms with Crippen LogP contribution in [0, 0.1) is 0 Å². The summed E-state index contributed by atoms with van der Waals surface area (Å²) < 4.78 is 6.09. The van der Waals surface area contributed by atoms with Crippen LogP contribution in [-0.2, 0) is 12.0 Å². The molecule has 2 aromatic carbocycles. The average molecular weight is 255 g/mol. The second-order valence-corrected chi connectivity index (χ2v) is 5.16. The Morgan fingerprint density at radius 1 is 0.947 bits per heavy atom. The summed E-state index contributed by atoms with van der Waals surface area (Å²) in [5, 5.41) is 0. The first-order chi connectivity index (χ1) is 9.12. The van der Waals surface area contributed by atoms with Crippen LogP contribution >= 0.6 is 0 Å². The zero-order valence-electron chi connectivity index (χ0n) is 11.6. The Labute approximate surface area is 115 Å². The molecule has 0 amide bonds. The molecule has 2 rings (SSSR count). The first kappa shape index (κ1) is 13.6. The minimum atomic E-state index is -0.337. The second kappa shape index (κ2) is 5.89. The van der Waals surface area contributed by atoms with Gasteiger partial charge >= 0.3 is 0 Å². The lowest BCUT2D eigenvalue weighted by molar-refractivity contribution is 0.109. The van der Waals surface area contributed by atoms with E-state index in [1.54, 1.807) is 0 Å². The topological polar surface area (TPSA) is 35.2 Å². The molecule has 2 nitrogen and oxygen atoms in total. The molecule has 19 heavy (non-hydrogen) atoms. The summed E-state index contributed by atoms with van der Waals surface area (Å²) in [5.74, 6) is 0.884. The van der Waals surface area contributed by atoms with E-state index in [0.717, 1.165) is 12.2 Å². The molecule has 0 bridgehead atoms. The minimum absolute atomic E-state index is 0.337. The lowest BCUT2D eigenvalue weighted by Gasteiger charge is -2.27. The summed E-state index contributed by atoms with van der Waals surface area (Å²) in [6, 6.07) is 18.4. The Morgan fingerprint density at radius 3 is 2.16 bits per heavy atom. The van der Waals surface area contributed by atoms with Crippen LogP contribution < -0.4 is 10.5 Å². The Balaban J connectivity index is 2.11. The molecule has 0 aliphatic heterocycles. The van der Waals surface area contributed by atoms with Crippen molar-refractivity contribution in [2.75, 3.05) is 6.54 Å². The SMILES string of the molecule is CC(C)(Oc1ccc(CCN)cc1)c1ccccc1. The van der Waals surface area contributed by atoms with Crippen molar-refractivity contribution in [3.63, 3.8) is 0 Å². The summed E-state index contributed by atoms with van der Waals surface area (Å²) in [7, 11) is 0. The molecule has 0 saturated carbocycles. The molecule has 0 aromatic heterocycles. The van der Waals surface area contributed by atoms with Gasteiger partial charge in [-0.25, -0.2) is 0 Å². The van der Waals surface area contributed by atoms with E-state index in [4.69, 9.17) is 10.5 Å². The highest BCUT2D eigenvalue weighted by Crippen LogP contribution is 2.27. The minimum Gasteiger partial charge on any atom is -0.483 e. The van der Waals surface area contributed by atoms with E-state index in [0.29, 0.717) is 6.54 Å². The maximum absolute atomic E-state index is 6.09. The third-order valence-corrected chi connectivity index (χ3v) is 3.20. The molecule has 0 aliphatic rings. The van der Waals surface area contributed by atoms with Gasteiger partial charge in [0.2, 0.25) is 0 Å². The molecule has 2 heteroatoms. The maximum atomic E-state index is 6.09. The third kappa shape index (κ3) is 3.58. The van der Waals surface area contributed by atoms with E-state index in [1.165, 1.54) is 11.1 Å². The number of benzene rings is 2. The Bertz CT molecular complexity index is 503. The second-order valence-electron chi connectivity index (χ2n) is 5.16. The van der Waals surface area contributed by atoms with Gasteiger partial charge in [-0.3, -0.25) is 0 Å². The third-order valence-electron chi connectivity index (χ3n) is 3.20. The summed E-state index contributed by atoms with van der Waals surface area (Å²) >= 11 is 0. The molecule has 0 heterocycles. The molecule has 2 aromatic rings. The molecule has 0 atom stereocenters. The van der Waals surface area contributed by atoms with Crippen LogP contribution in [-0.4, -0.2) is 6.54 Å². The van der Waals surface area contributed by atoms with E-state index in [9.17, 15) is 0 Å². The summed E-state index contributed by atoms with van der Waals surface area (Å²) in [6.07, 6.45) is 0.905. The van der Waals surface area contributed by atoms with Crippen molar-refractivity contribution in [3.8, 4) is 5.75 Å². The predicted octanol–water partition coefficient (Wildman–Crippen LogP) is 3.50. The van der Waals surface area contributed by atoms with E-state index >= 15 is 0 Å². The molecule has 0 saturated heterocycles. The Morgan fingerprint density at radius 2 is 1.58 bits per heavy atom. The highest BCUT2D eigenvalue weighted by molar-refractivity contribution is 5.30. The molecular formula is C17H21NO. The zero-order valence-corrected chi connectivity index (χ0v) is 11.6. The molecule has 0 radical (unpaired) electrons. The van der Waals surface area contributed by atoms with Crippen molar-refractivity contribution in [1.82, 2.24) is 0 Å². The number of hydrogen-bond donors (Lipinski definition) is 1. The number of rotatable bonds is 5. The van der Waals surface area contributed by atoms with Crippen molar-refractivity contribution < 1.29 is 4.74 Å². The van der Waals surface area contributed by atoms with Gasteiger partial charge in [-0.15, -0.1) is 0 Å². The smallest absolute Gasteiger partial charge is 0.128 e. The van der Waals surface area contributed by atoms with Crippen LogP contribution in [0.4, 0.5) is 0 Å². The standard InChI is InChI=1S/C17H21NO/c1-17(2,15-6-4-3-5-7-15)19-16-10-8-14(9-11-16)12-13-18/h3-11H,12-13,18H2,1-2H3. The number of nitrogens with two attached hydrogens (primary N) is 1. The summed E-state index contributed by atoms with van der Waals surface area (Å²) in [5.41, 5.74) is 7.62. The molecule has 0 aliphatic carbocycles. The van der Waals surface area contributed by atoms with Crippen molar-refractivity contribution in [2.45, 2.75) is 25.9 Å². The van der Waals surface area contributed by atoms with Crippen molar-refractivity contribution in [2.24, 2.45) is 5.73 Å². The lowest BCUT2D eigenvalue weighted by Crippen LogP contribution is -2.25. The van der Waals surface area contributed by atoms with Gasteiger partial charge in [0.1, 0.15) is 11.4 Å². The van der Waals surface area contributed by atoms with Gasteiger partial charge in [-0.2, -0.15) is 0 Å². The van der Waals surface area contributed by atoms with Gasteiger partial charge in [-0.1, -0.05) is 42.5 Å². The molecule has 0 spiro atoms. The molecule has 0 unspecified atom stereocenters. The molecule has 0 fully saturated rings. The van der Waals surface area contributed by atoms with Crippen molar-refractivity contribution >= 4 is 0 Å². The van der Waals surface area contributed by atoms with Gasteiger partial charge in [0.25, 0.3) is 0 Å². The fourth-order valence-electron chi connectivity index (χ4n) is 2.08. The van der Waals surface area contributed by atoms with E-state index in [-0.39, 0.29) is 5.60 Å². The summed E-state index contributed by atoms with van der Waals surface area (Å²) in [6.45, 7) is 4.84. The quantitative estimate of drug-likeness (QED) is 0.887. The fourth-order valence-corrected chi connectivity index (χ4v) is 2.08. The van der Waals surface area contributed by atoms with Gasteiger partial charge in [0.15, 0.2) is 0 Å². The van der Waals surface area contributed by atoms with Crippen molar-refractivity contribution in [1.29, 1.82) is 0 Å². The van der Waals surface area contributed by atoms with Crippen LogP contribution in [0.25, 0.3) is 0 Å². The zero-order chi connectivity index (χ0) is 13.7. The highest BCUT2D eigenvalue weighted by atomic mass is 16.5. The molecule has 100 valence electrons. The molecular weight excluding hydrogens is 234 g/mol. The average Bonchev–Trinajstić information content (AvgIpc) is 2.42. The van der Waals surface area contributed by atoms with Crippen LogP contribution in [0.3, 0.4) is 0 Å². The Kier molecular flexibility index (Phi) is 4.23. The monoisotopic (exact) mass is 255 g/mol. The Hall–Kier alpha value is -1.80. The largest absolute Gasteiger partial charge is 0.483 e. The predicted molar refractivity (Wildman–Crippen MR) is 79.3 cm³/mol. The van der Waals surface area contributed by atoms with Crippen molar-refractivity contribution in [3.05, 3.63) is 65.7 Å². The normalized spacial score (nSPS) is 11.3. The van der Waals surface area contributed by atoms with E-state index < -0.39 is 0 Å². The van der Waals surface area contributed by atoms with Gasteiger partial charge in [0, 0.05) is 0 Å². The first-order valence-electron chi connectivity index (χ1n) is 6.65. The van der Waals surface area contributed by atoms with Crippen LogP contribution in [0.15, 0.2) is 54.6 Å². The first-order valence-corrected chi connectivity index (χ1v) is 6.65. The van der Waals surface area contributed by atoms with E-state index in [1.807, 2.05) is 30.3 Å². The highest BCUT2D eigenvalue weighted by Gasteiger charge is 2.22. The van der Waals surface area contributed by atoms with Gasteiger partial charge in [-0.05, 0) is 50.1 Å². The lowest BCUT2D eigenvalue weighted by atomic mass is 9.98. The summed E-state index contributed by atoms with van der Waals surface area (Å²) in [4.78, 5) is 0. The van der Waals surface area contributed by atoms with Gasteiger partial charge in [0.05, 0.1) is 0 Å². The van der Waals surface area contributed by atoms with Crippen LogP contribution in [0.2, 0.25) is 0 Å². The maximum Gasteiger partial charge on any atom is 0.128 e.